The van der Waals surface area contributed by atoms with E-state index in [9.17, 15) is 18.0 Å². The van der Waals surface area contributed by atoms with Crippen LogP contribution in [0.4, 0.5) is 5.69 Å². The van der Waals surface area contributed by atoms with Gasteiger partial charge < -0.3 is 14.8 Å². The topological polar surface area (TPSA) is 125 Å². The van der Waals surface area contributed by atoms with Crippen LogP contribution in [0.5, 0.6) is 5.75 Å². The predicted octanol–water partition coefficient (Wildman–Crippen LogP) is 2.09. The minimum atomic E-state index is -3.89. The first-order valence-corrected chi connectivity index (χ1v) is 9.94. The van der Waals surface area contributed by atoms with E-state index in [2.05, 4.69) is 11.9 Å². The molecule has 0 atom stereocenters. The van der Waals surface area contributed by atoms with Crippen molar-refractivity contribution in [3.05, 3.63) is 72.8 Å². The summed E-state index contributed by atoms with van der Waals surface area (Å²) in [7, 11) is -3.89. The van der Waals surface area contributed by atoms with Crippen LogP contribution in [-0.4, -0.2) is 33.5 Å². The maximum Gasteiger partial charge on any atom is 0.331 e. The molecule has 0 aromatic heterocycles. The molecule has 0 aliphatic heterocycles. The summed E-state index contributed by atoms with van der Waals surface area (Å²) in [4.78, 5) is 23.5. The molecule has 0 bridgehead atoms. The molecule has 0 heterocycles. The lowest BCUT2D eigenvalue weighted by Gasteiger charge is -2.07. The first kappa shape index (κ1) is 21.9. The van der Waals surface area contributed by atoms with Gasteiger partial charge >= 0.3 is 5.97 Å². The average Bonchev–Trinajstić information content (AvgIpc) is 2.69. The Morgan fingerprint density at radius 2 is 1.86 bits per heavy atom. The highest BCUT2D eigenvalue weighted by Gasteiger charge is 2.10. The van der Waals surface area contributed by atoms with Crippen molar-refractivity contribution in [3.63, 3.8) is 0 Å². The van der Waals surface area contributed by atoms with Gasteiger partial charge in [0.25, 0.3) is 5.91 Å². The summed E-state index contributed by atoms with van der Waals surface area (Å²) in [6, 6.07) is 12.4. The van der Waals surface area contributed by atoms with Gasteiger partial charge in [-0.15, -0.1) is 0 Å². The van der Waals surface area contributed by atoms with Crippen molar-refractivity contribution in [2.45, 2.75) is 4.90 Å². The number of hydrogen-bond donors (Lipinski definition) is 2. The van der Waals surface area contributed by atoms with E-state index in [4.69, 9.17) is 14.6 Å². The third-order valence-electron chi connectivity index (χ3n) is 3.45. The molecule has 0 spiro atoms. The molecular formula is C20H20N2O6S. The molecule has 0 unspecified atom stereocenters. The van der Waals surface area contributed by atoms with Crippen molar-refractivity contribution in [1.82, 2.24) is 0 Å². The fraction of sp³-hybridized carbons (Fsp3) is 0.100. The van der Waals surface area contributed by atoms with E-state index < -0.39 is 28.5 Å². The van der Waals surface area contributed by atoms with Crippen LogP contribution in [0.2, 0.25) is 0 Å². The number of sulfonamides is 1. The molecule has 0 saturated carbocycles. The maximum absolute atomic E-state index is 11.9. The van der Waals surface area contributed by atoms with Crippen LogP contribution in [0.15, 0.2) is 72.2 Å². The summed E-state index contributed by atoms with van der Waals surface area (Å²) in [6.45, 7) is 3.43. The van der Waals surface area contributed by atoms with Crippen LogP contribution < -0.4 is 15.2 Å². The van der Waals surface area contributed by atoms with Crippen LogP contribution in [-0.2, 0) is 24.3 Å². The number of rotatable bonds is 9. The van der Waals surface area contributed by atoms with Crippen LogP contribution in [0.3, 0.4) is 0 Å². The number of ether oxygens (including phenoxy) is 2. The monoisotopic (exact) mass is 416 g/mol. The zero-order chi connectivity index (χ0) is 21.3. The number of hydrogen-bond acceptors (Lipinski definition) is 6. The molecule has 8 nitrogen and oxygen atoms in total. The van der Waals surface area contributed by atoms with Gasteiger partial charge in [-0.25, -0.2) is 18.4 Å². The summed E-state index contributed by atoms with van der Waals surface area (Å²) < 4.78 is 32.8. The number of esters is 1. The lowest BCUT2D eigenvalue weighted by molar-refractivity contribution is -0.142. The Balaban J connectivity index is 1.83. The van der Waals surface area contributed by atoms with Gasteiger partial charge in [0.1, 0.15) is 12.4 Å². The normalized spacial score (nSPS) is 11.1. The molecule has 2 aromatic carbocycles. The summed E-state index contributed by atoms with van der Waals surface area (Å²) in [5.41, 5.74) is 0.962. The third-order valence-corrected chi connectivity index (χ3v) is 4.36. The highest BCUT2D eigenvalue weighted by Crippen LogP contribution is 2.14. The molecule has 152 valence electrons. The second-order valence-electron chi connectivity index (χ2n) is 5.73. The smallest absolute Gasteiger partial charge is 0.331 e. The van der Waals surface area contributed by atoms with Crippen molar-refractivity contribution < 1.29 is 27.5 Å². The first-order valence-electron chi connectivity index (χ1n) is 8.39. The van der Waals surface area contributed by atoms with E-state index in [0.29, 0.717) is 12.4 Å². The molecule has 1 amide bonds. The number of nitrogens with one attached hydrogen (secondary N) is 1. The minimum Gasteiger partial charge on any atom is -0.490 e. The molecule has 2 aromatic rings. The van der Waals surface area contributed by atoms with Gasteiger partial charge in [0.15, 0.2) is 6.61 Å². The standard InChI is InChI=1S/C20H20N2O6S/c1-2-12-27-17-9-6-15(7-10-17)8-11-20(24)28-14-19(23)22-16-4-3-5-18(13-16)29(21,25)26/h2-11,13H,1,12,14H2,(H,22,23)(H2,21,25,26)/b11-8+. The third kappa shape index (κ3) is 7.60. The molecule has 0 saturated heterocycles. The lowest BCUT2D eigenvalue weighted by atomic mass is 10.2. The second kappa shape index (κ2) is 10.2. The highest BCUT2D eigenvalue weighted by molar-refractivity contribution is 7.89. The van der Waals surface area contributed by atoms with Crippen LogP contribution in [0.1, 0.15) is 5.56 Å². The largest absolute Gasteiger partial charge is 0.490 e. The number of carbonyl (C=O) groups is 2. The van der Waals surface area contributed by atoms with E-state index in [0.717, 1.165) is 5.56 Å². The van der Waals surface area contributed by atoms with Crippen LogP contribution in [0.25, 0.3) is 6.08 Å². The maximum atomic E-state index is 11.9. The molecule has 0 aliphatic rings. The Morgan fingerprint density at radius 1 is 1.14 bits per heavy atom. The number of primary sulfonamides is 1. The van der Waals surface area contributed by atoms with E-state index in [1.165, 1.54) is 36.4 Å². The zero-order valence-electron chi connectivity index (χ0n) is 15.4. The Hall–Kier alpha value is -3.43. The quantitative estimate of drug-likeness (QED) is 0.366. The van der Waals surface area contributed by atoms with Crippen LogP contribution in [0, 0.1) is 0 Å². The summed E-state index contributed by atoms with van der Waals surface area (Å²) in [5.74, 6) is -0.653. The Morgan fingerprint density at radius 3 is 2.52 bits per heavy atom. The second-order valence-corrected chi connectivity index (χ2v) is 7.29. The van der Waals surface area contributed by atoms with E-state index >= 15 is 0 Å². The average molecular weight is 416 g/mol. The fourth-order valence-electron chi connectivity index (χ4n) is 2.13. The van der Waals surface area contributed by atoms with Gasteiger partial charge in [0, 0.05) is 11.8 Å². The summed E-state index contributed by atoms with van der Waals surface area (Å²) in [5, 5.41) is 7.46. The highest BCUT2D eigenvalue weighted by atomic mass is 32.2. The molecule has 29 heavy (non-hydrogen) atoms. The molecule has 0 radical (unpaired) electrons. The fourth-order valence-corrected chi connectivity index (χ4v) is 2.69. The molecular weight excluding hydrogens is 396 g/mol. The molecule has 3 N–H and O–H groups in total. The molecule has 0 fully saturated rings. The van der Waals surface area contributed by atoms with Gasteiger partial charge in [0.05, 0.1) is 4.90 Å². The van der Waals surface area contributed by atoms with E-state index in [1.807, 2.05) is 0 Å². The summed E-state index contributed by atoms with van der Waals surface area (Å²) >= 11 is 0. The van der Waals surface area contributed by atoms with Crippen molar-refractivity contribution in [3.8, 4) is 5.75 Å². The van der Waals surface area contributed by atoms with Gasteiger partial charge in [-0.2, -0.15) is 0 Å². The molecule has 9 heteroatoms. The number of nitrogens with two attached hydrogens (primary N) is 1. The van der Waals surface area contributed by atoms with E-state index in [1.54, 1.807) is 30.3 Å². The summed E-state index contributed by atoms with van der Waals surface area (Å²) in [6.07, 6.45) is 4.36. The van der Waals surface area contributed by atoms with Gasteiger partial charge in [-0.1, -0.05) is 30.9 Å². The lowest BCUT2D eigenvalue weighted by Crippen LogP contribution is -2.20. The SMILES string of the molecule is C=CCOc1ccc(/C=C/C(=O)OCC(=O)Nc2cccc(S(N)(=O)=O)c2)cc1. The van der Waals surface area contributed by atoms with Crippen molar-refractivity contribution in [2.75, 3.05) is 18.5 Å². The molecule has 0 aliphatic carbocycles. The Kier molecular flexibility index (Phi) is 7.70. The Labute approximate surface area is 168 Å². The number of anilines is 1. The molecule has 2 rings (SSSR count). The van der Waals surface area contributed by atoms with E-state index in [-0.39, 0.29) is 10.6 Å². The van der Waals surface area contributed by atoms with Gasteiger partial charge in [-0.05, 0) is 42.0 Å². The van der Waals surface area contributed by atoms with Crippen molar-refractivity contribution in [2.24, 2.45) is 5.14 Å². The first-order chi connectivity index (χ1) is 13.8. The van der Waals surface area contributed by atoms with Crippen LogP contribution >= 0.6 is 0 Å². The number of benzene rings is 2. The Bertz CT molecular complexity index is 1010. The number of amides is 1. The van der Waals surface area contributed by atoms with Crippen molar-refractivity contribution >= 4 is 33.7 Å². The zero-order valence-corrected chi connectivity index (χ0v) is 16.2. The predicted molar refractivity (Wildman–Crippen MR) is 109 cm³/mol. The van der Waals surface area contributed by atoms with Crippen molar-refractivity contribution in [1.29, 1.82) is 0 Å². The number of carbonyl (C=O) groups excluding carboxylic acids is 2. The van der Waals surface area contributed by atoms with Gasteiger partial charge in [-0.3, -0.25) is 4.79 Å². The van der Waals surface area contributed by atoms with Gasteiger partial charge in [0.2, 0.25) is 10.0 Å². The minimum absolute atomic E-state index is 0.142.